The molecule has 0 aromatic rings. The van der Waals surface area contributed by atoms with Crippen LogP contribution in [0.1, 0.15) is 64.7 Å². The summed E-state index contributed by atoms with van der Waals surface area (Å²) in [5.41, 5.74) is 0. The van der Waals surface area contributed by atoms with Gasteiger partial charge in [0.1, 0.15) is 0 Å². The van der Waals surface area contributed by atoms with Crippen molar-refractivity contribution in [3.05, 3.63) is 0 Å². The van der Waals surface area contributed by atoms with E-state index in [0.29, 0.717) is 6.61 Å². The lowest BCUT2D eigenvalue weighted by molar-refractivity contribution is 0.294. The Hall–Kier alpha value is 0.290. The van der Waals surface area contributed by atoms with Crippen LogP contribution >= 0.6 is 0 Å². The van der Waals surface area contributed by atoms with Crippen molar-refractivity contribution < 1.29 is 12.9 Å². The maximum absolute atomic E-state index is 10.6. The summed E-state index contributed by atoms with van der Waals surface area (Å²) in [5.74, 6) is 0. The fourth-order valence-corrected chi connectivity index (χ4v) is 2.11. The normalized spacial score (nSPS) is 14.9. The largest absolute Gasteiger partial charge is 0.285 e. The predicted molar refractivity (Wildman–Crippen MR) is 71.3 cm³/mol. The molecule has 0 saturated heterocycles. The standard InChI is InChI=1S/C11H24O3S2/c1-2-3-4-5-6-7-8-9-10-11-14-16(12,13)15/h2-11H2,1H3,(H,12,13,15). The van der Waals surface area contributed by atoms with Gasteiger partial charge in [-0.05, 0) is 6.42 Å². The maximum atomic E-state index is 10.6. The lowest BCUT2D eigenvalue weighted by Crippen LogP contribution is -2.03. The highest BCUT2D eigenvalue weighted by Crippen LogP contribution is 2.09. The van der Waals surface area contributed by atoms with Crippen LogP contribution in [-0.4, -0.2) is 15.4 Å². The van der Waals surface area contributed by atoms with Gasteiger partial charge in [-0.1, -0.05) is 58.3 Å². The van der Waals surface area contributed by atoms with Gasteiger partial charge in [-0.25, -0.2) is 0 Å². The van der Waals surface area contributed by atoms with E-state index in [0.717, 1.165) is 12.8 Å². The van der Waals surface area contributed by atoms with Crippen molar-refractivity contribution >= 4 is 20.2 Å². The third kappa shape index (κ3) is 14.3. The molecular weight excluding hydrogens is 244 g/mol. The van der Waals surface area contributed by atoms with Gasteiger partial charge in [-0.15, -0.1) is 0 Å². The minimum atomic E-state index is -3.40. The Labute approximate surface area is 105 Å². The molecule has 0 bridgehead atoms. The minimum Gasteiger partial charge on any atom is -0.285 e. The maximum Gasteiger partial charge on any atom is 0.266 e. The molecule has 0 heterocycles. The molecule has 98 valence electrons. The lowest BCUT2D eigenvalue weighted by atomic mass is 10.1. The predicted octanol–water partition coefficient (Wildman–Crippen LogP) is 3.67. The molecule has 0 amide bonds. The van der Waals surface area contributed by atoms with Crippen LogP contribution < -0.4 is 0 Å². The first-order valence-corrected chi connectivity index (χ1v) is 8.54. The van der Waals surface area contributed by atoms with E-state index in [1.807, 2.05) is 0 Å². The molecule has 3 nitrogen and oxygen atoms in total. The van der Waals surface area contributed by atoms with Crippen LogP contribution in [0, 0.1) is 0 Å². The highest BCUT2D eigenvalue weighted by molar-refractivity contribution is 8.27. The van der Waals surface area contributed by atoms with Gasteiger partial charge in [-0.3, -0.25) is 8.74 Å². The second-order valence-electron chi connectivity index (χ2n) is 4.08. The quantitative estimate of drug-likeness (QED) is 0.581. The van der Waals surface area contributed by atoms with Crippen molar-refractivity contribution in [1.82, 2.24) is 0 Å². The summed E-state index contributed by atoms with van der Waals surface area (Å²) in [6.07, 6.45) is 10.9. The Morgan fingerprint density at radius 1 is 1.00 bits per heavy atom. The molecule has 0 radical (unpaired) electrons. The molecule has 1 atom stereocenters. The fraction of sp³-hybridized carbons (Fsp3) is 1.00. The van der Waals surface area contributed by atoms with E-state index >= 15 is 0 Å². The number of hydrogen-bond donors (Lipinski definition) is 1. The number of rotatable bonds is 11. The van der Waals surface area contributed by atoms with E-state index in [1.165, 1.54) is 44.9 Å². The molecule has 1 N–H and O–H groups in total. The van der Waals surface area contributed by atoms with Crippen molar-refractivity contribution in [3.8, 4) is 0 Å². The van der Waals surface area contributed by atoms with Crippen LogP contribution in [0.3, 0.4) is 0 Å². The van der Waals surface area contributed by atoms with E-state index in [9.17, 15) is 4.21 Å². The molecule has 0 rings (SSSR count). The second-order valence-corrected chi connectivity index (χ2v) is 6.43. The zero-order chi connectivity index (χ0) is 12.3. The SMILES string of the molecule is CCCCCCCCCCCOS(=O)(O)=S. The molecule has 0 fully saturated rings. The Morgan fingerprint density at radius 3 is 1.88 bits per heavy atom. The molecule has 16 heavy (non-hydrogen) atoms. The summed E-state index contributed by atoms with van der Waals surface area (Å²) >= 11 is 4.21. The third-order valence-electron chi connectivity index (χ3n) is 2.48. The van der Waals surface area contributed by atoms with E-state index in [-0.39, 0.29) is 0 Å². The van der Waals surface area contributed by atoms with E-state index in [2.05, 4.69) is 22.3 Å². The highest BCUT2D eigenvalue weighted by atomic mass is 32.9. The average molecular weight is 268 g/mol. The molecule has 1 unspecified atom stereocenters. The average Bonchev–Trinajstić information content (AvgIpc) is 2.19. The van der Waals surface area contributed by atoms with Crippen molar-refractivity contribution in [3.63, 3.8) is 0 Å². The van der Waals surface area contributed by atoms with E-state index in [1.54, 1.807) is 0 Å². The van der Waals surface area contributed by atoms with Gasteiger partial charge >= 0.3 is 0 Å². The van der Waals surface area contributed by atoms with Crippen molar-refractivity contribution in [2.45, 2.75) is 64.7 Å². The molecule has 0 saturated carbocycles. The molecule has 0 spiro atoms. The molecule has 0 aliphatic carbocycles. The Morgan fingerprint density at radius 2 is 1.44 bits per heavy atom. The zero-order valence-electron chi connectivity index (χ0n) is 10.2. The Kier molecular flexibility index (Phi) is 10.6. The van der Waals surface area contributed by atoms with E-state index < -0.39 is 9.05 Å². The van der Waals surface area contributed by atoms with Crippen LogP contribution in [-0.2, 0) is 24.4 Å². The summed E-state index contributed by atoms with van der Waals surface area (Å²) in [6, 6.07) is 0. The van der Waals surface area contributed by atoms with E-state index in [4.69, 9.17) is 4.55 Å². The topological polar surface area (TPSA) is 46.5 Å². The highest BCUT2D eigenvalue weighted by Gasteiger charge is 1.98. The third-order valence-corrected chi connectivity index (χ3v) is 3.23. The first-order chi connectivity index (χ1) is 7.56. The van der Waals surface area contributed by atoms with Gasteiger partial charge in [-0.2, -0.15) is 4.21 Å². The summed E-state index contributed by atoms with van der Waals surface area (Å²) in [7, 11) is -3.40. The van der Waals surface area contributed by atoms with Crippen molar-refractivity contribution in [1.29, 1.82) is 0 Å². The van der Waals surface area contributed by atoms with Crippen LogP contribution in [0.5, 0.6) is 0 Å². The van der Waals surface area contributed by atoms with Gasteiger partial charge in [0.05, 0.1) is 6.61 Å². The molecular formula is C11H24O3S2. The van der Waals surface area contributed by atoms with Crippen molar-refractivity contribution in [2.24, 2.45) is 0 Å². The fourth-order valence-electron chi connectivity index (χ4n) is 1.58. The molecule has 0 aromatic carbocycles. The van der Waals surface area contributed by atoms with Gasteiger partial charge < -0.3 is 0 Å². The first kappa shape index (κ1) is 16.3. The molecule has 0 aliphatic heterocycles. The van der Waals surface area contributed by atoms with Crippen LogP contribution in [0.25, 0.3) is 0 Å². The Balaban J connectivity index is 3.05. The molecule has 0 aliphatic rings. The Bertz CT molecular complexity index is 238. The van der Waals surface area contributed by atoms with Gasteiger partial charge in [0.25, 0.3) is 9.05 Å². The summed E-state index contributed by atoms with van der Waals surface area (Å²) < 4.78 is 23.8. The monoisotopic (exact) mass is 268 g/mol. The van der Waals surface area contributed by atoms with Crippen LogP contribution in [0.2, 0.25) is 0 Å². The smallest absolute Gasteiger partial charge is 0.266 e. The van der Waals surface area contributed by atoms with Gasteiger partial charge in [0.15, 0.2) is 0 Å². The summed E-state index contributed by atoms with van der Waals surface area (Å²) in [4.78, 5) is 0. The van der Waals surface area contributed by atoms with Crippen LogP contribution in [0.15, 0.2) is 0 Å². The van der Waals surface area contributed by atoms with Crippen LogP contribution in [0.4, 0.5) is 0 Å². The zero-order valence-corrected chi connectivity index (χ0v) is 11.8. The number of hydrogen-bond acceptors (Lipinski definition) is 3. The lowest BCUT2D eigenvalue weighted by Gasteiger charge is -2.02. The van der Waals surface area contributed by atoms with Crippen molar-refractivity contribution in [2.75, 3.05) is 6.61 Å². The van der Waals surface area contributed by atoms with Gasteiger partial charge in [0, 0.05) is 11.2 Å². The summed E-state index contributed by atoms with van der Waals surface area (Å²) in [6.45, 7) is 2.52. The number of unbranched alkanes of at least 4 members (excludes halogenated alkanes) is 8. The first-order valence-electron chi connectivity index (χ1n) is 6.18. The summed E-state index contributed by atoms with van der Waals surface area (Å²) in [5, 5.41) is 0. The second kappa shape index (κ2) is 10.4. The minimum absolute atomic E-state index is 0.300. The molecule has 0 aromatic heterocycles. The molecule has 5 heteroatoms. The van der Waals surface area contributed by atoms with Gasteiger partial charge in [0.2, 0.25) is 0 Å².